The van der Waals surface area contributed by atoms with Gasteiger partial charge in [-0.25, -0.2) is 4.39 Å². The van der Waals surface area contributed by atoms with Crippen molar-refractivity contribution >= 4 is 11.3 Å². The van der Waals surface area contributed by atoms with Crippen LogP contribution < -0.4 is 10.1 Å². The Bertz CT molecular complexity index is 1040. The number of benzene rings is 1. The molecule has 0 saturated carbocycles. The SMILES string of the molecule is Cc1ccc(-c2ccc(-c3ccc(O[C@H]4CC5CCCC(N5)[C@H]4F)nn3)c(O)c2)s1. The monoisotopic (exact) mass is 425 g/mol. The van der Waals surface area contributed by atoms with Crippen molar-refractivity contribution in [2.75, 3.05) is 0 Å². The lowest BCUT2D eigenvalue weighted by Crippen LogP contribution is -2.59. The van der Waals surface area contributed by atoms with E-state index in [4.69, 9.17) is 4.74 Å². The van der Waals surface area contributed by atoms with Gasteiger partial charge in [0, 0.05) is 39.9 Å². The minimum absolute atomic E-state index is 0.127. The molecule has 5 nitrogen and oxygen atoms in total. The van der Waals surface area contributed by atoms with E-state index in [9.17, 15) is 9.50 Å². The third-order valence-corrected chi connectivity index (χ3v) is 7.03. The van der Waals surface area contributed by atoms with E-state index in [2.05, 4.69) is 28.5 Å². The van der Waals surface area contributed by atoms with Crippen LogP contribution in [0.1, 0.15) is 30.6 Å². The molecule has 2 aliphatic heterocycles. The number of hydrogen-bond donors (Lipinski definition) is 2. The first-order valence-corrected chi connectivity index (χ1v) is 11.2. The number of nitrogens with zero attached hydrogens (tertiary/aromatic N) is 2. The predicted molar refractivity (Wildman–Crippen MR) is 116 cm³/mol. The number of alkyl halides is 1. The average Bonchev–Trinajstić information content (AvgIpc) is 3.19. The van der Waals surface area contributed by atoms with Gasteiger partial charge >= 0.3 is 0 Å². The van der Waals surface area contributed by atoms with Crippen LogP contribution in [0.4, 0.5) is 4.39 Å². The maximum Gasteiger partial charge on any atom is 0.233 e. The number of hydrogen-bond acceptors (Lipinski definition) is 6. The van der Waals surface area contributed by atoms with Crippen molar-refractivity contribution in [3.8, 4) is 33.3 Å². The fourth-order valence-electron chi connectivity index (χ4n) is 4.45. The molecule has 2 fully saturated rings. The summed E-state index contributed by atoms with van der Waals surface area (Å²) in [5.74, 6) is 0.466. The molecule has 7 heteroatoms. The maximum absolute atomic E-state index is 14.7. The summed E-state index contributed by atoms with van der Waals surface area (Å²) in [4.78, 5) is 2.33. The van der Waals surface area contributed by atoms with E-state index in [1.807, 2.05) is 18.2 Å². The Balaban J connectivity index is 1.31. The van der Waals surface area contributed by atoms with Crippen LogP contribution in [0.2, 0.25) is 0 Å². The van der Waals surface area contributed by atoms with Crippen molar-refractivity contribution in [3.05, 3.63) is 47.3 Å². The molecular formula is C23H24FN3O2S. The number of fused-ring (bicyclic) bond motifs is 2. The summed E-state index contributed by atoms with van der Waals surface area (Å²) in [5, 5.41) is 22.2. The lowest BCUT2D eigenvalue weighted by molar-refractivity contribution is 0.00652. The summed E-state index contributed by atoms with van der Waals surface area (Å²) in [6.07, 6.45) is 2.09. The maximum atomic E-state index is 14.7. The number of rotatable bonds is 4. The van der Waals surface area contributed by atoms with Gasteiger partial charge in [0.05, 0.1) is 5.69 Å². The highest BCUT2D eigenvalue weighted by atomic mass is 32.1. The zero-order valence-corrected chi connectivity index (χ0v) is 17.5. The molecule has 2 saturated heterocycles. The predicted octanol–water partition coefficient (Wildman–Crippen LogP) is 4.89. The Morgan fingerprint density at radius 1 is 1.13 bits per heavy atom. The molecular weight excluding hydrogens is 401 g/mol. The summed E-state index contributed by atoms with van der Waals surface area (Å²) in [5.41, 5.74) is 2.12. The highest BCUT2D eigenvalue weighted by Crippen LogP contribution is 2.35. The Morgan fingerprint density at radius 3 is 2.77 bits per heavy atom. The first-order valence-electron chi connectivity index (χ1n) is 10.4. The van der Waals surface area contributed by atoms with Crippen molar-refractivity contribution in [1.29, 1.82) is 0 Å². The van der Waals surface area contributed by atoms with Crippen LogP contribution in [-0.4, -0.2) is 39.7 Å². The summed E-state index contributed by atoms with van der Waals surface area (Å²) in [6.45, 7) is 2.06. The van der Waals surface area contributed by atoms with Gasteiger partial charge in [-0.05, 0) is 55.7 Å². The van der Waals surface area contributed by atoms with E-state index in [1.165, 1.54) is 4.88 Å². The highest BCUT2D eigenvalue weighted by Gasteiger charge is 2.41. The van der Waals surface area contributed by atoms with Crippen molar-refractivity contribution in [2.24, 2.45) is 0 Å². The van der Waals surface area contributed by atoms with Crippen LogP contribution in [0.25, 0.3) is 21.7 Å². The second kappa shape index (κ2) is 7.96. The van der Waals surface area contributed by atoms with Crippen LogP contribution in [-0.2, 0) is 0 Å². The first-order chi connectivity index (χ1) is 14.6. The van der Waals surface area contributed by atoms with Gasteiger partial charge in [-0.2, -0.15) is 0 Å². The minimum Gasteiger partial charge on any atom is -0.507 e. The van der Waals surface area contributed by atoms with Gasteiger partial charge in [0.1, 0.15) is 11.9 Å². The largest absolute Gasteiger partial charge is 0.507 e. The number of aromatic nitrogens is 2. The van der Waals surface area contributed by atoms with Gasteiger partial charge in [-0.15, -0.1) is 21.5 Å². The molecule has 30 heavy (non-hydrogen) atoms. The number of ether oxygens (including phenoxy) is 1. The zero-order valence-electron chi connectivity index (χ0n) is 16.7. The van der Waals surface area contributed by atoms with Crippen LogP contribution in [0.15, 0.2) is 42.5 Å². The van der Waals surface area contributed by atoms with E-state index in [0.717, 1.165) is 29.7 Å². The van der Waals surface area contributed by atoms with E-state index in [0.29, 0.717) is 29.6 Å². The fraction of sp³-hybridized carbons (Fsp3) is 0.391. The number of phenolic OH excluding ortho intramolecular Hbond substituents is 1. The summed E-state index contributed by atoms with van der Waals surface area (Å²) < 4.78 is 20.6. The number of phenols is 1. The molecule has 2 aliphatic rings. The quantitative estimate of drug-likeness (QED) is 0.623. The lowest BCUT2D eigenvalue weighted by atomic mass is 9.84. The molecule has 2 aromatic heterocycles. The molecule has 0 radical (unpaired) electrons. The number of thiophene rings is 1. The van der Waals surface area contributed by atoms with Crippen molar-refractivity contribution in [1.82, 2.24) is 15.5 Å². The standard InChI is InChI=1S/C23H24FN3O2S/c1-13-5-9-21(30-13)14-6-7-16(19(28)11-14)17-8-10-22(27-26-17)29-20-12-15-3-2-4-18(25-15)23(20)24/h5-11,15,18,20,23,25,28H,2-4,12H2,1H3/t15?,18?,20-,23+/m0/s1. The molecule has 2 unspecified atom stereocenters. The molecule has 3 aromatic rings. The van der Waals surface area contributed by atoms with Crippen LogP contribution >= 0.6 is 11.3 Å². The Kier molecular flexibility index (Phi) is 5.16. The van der Waals surface area contributed by atoms with E-state index in [-0.39, 0.29) is 11.8 Å². The zero-order chi connectivity index (χ0) is 20.7. The average molecular weight is 426 g/mol. The molecule has 2 bridgehead atoms. The molecule has 5 rings (SSSR count). The van der Waals surface area contributed by atoms with Crippen LogP contribution in [0.5, 0.6) is 11.6 Å². The third-order valence-electron chi connectivity index (χ3n) is 5.98. The number of aromatic hydroxyl groups is 1. The van der Waals surface area contributed by atoms with E-state index >= 15 is 0 Å². The van der Waals surface area contributed by atoms with Gasteiger partial charge in [0.15, 0.2) is 6.17 Å². The number of piperidine rings is 2. The number of halogens is 1. The summed E-state index contributed by atoms with van der Waals surface area (Å²) in [7, 11) is 0. The normalized spacial score (nSPS) is 25.8. The Morgan fingerprint density at radius 2 is 2.03 bits per heavy atom. The third kappa shape index (κ3) is 3.79. The summed E-state index contributed by atoms with van der Waals surface area (Å²) >= 11 is 1.69. The van der Waals surface area contributed by atoms with Crippen molar-refractivity contribution in [2.45, 2.75) is 57.0 Å². The molecule has 1 aromatic carbocycles. The summed E-state index contributed by atoms with van der Waals surface area (Å²) in [6, 6.07) is 13.3. The molecule has 0 spiro atoms. The highest BCUT2D eigenvalue weighted by molar-refractivity contribution is 7.15. The Labute approximate surface area is 178 Å². The van der Waals surface area contributed by atoms with E-state index < -0.39 is 12.3 Å². The molecule has 2 N–H and O–H groups in total. The molecule has 4 heterocycles. The van der Waals surface area contributed by atoms with Gasteiger partial charge in [0.25, 0.3) is 0 Å². The van der Waals surface area contributed by atoms with Gasteiger partial charge < -0.3 is 15.2 Å². The topological polar surface area (TPSA) is 67.3 Å². The van der Waals surface area contributed by atoms with Gasteiger partial charge in [0.2, 0.25) is 5.88 Å². The molecule has 0 aliphatic carbocycles. The second-order valence-electron chi connectivity index (χ2n) is 8.14. The molecule has 4 atom stereocenters. The fourth-order valence-corrected chi connectivity index (χ4v) is 5.31. The molecule has 0 amide bonds. The second-order valence-corrected chi connectivity index (χ2v) is 9.42. The molecule has 156 valence electrons. The van der Waals surface area contributed by atoms with E-state index in [1.54, 1.807) is 29.5 Å². The van der Waals surface area contributed by atoms with Crippen molar-refractivity contribution < 1.29 is 14.2 Å². The van der Waals surface area contributed by atoms with Crippen LogP contribution in [0, 0.1) is 6.92 Å². The Hall–Kier alpha value is -2.51. The minimum atomic E-state index is -1.04. The first kappa shape index (κ1) is 19.5. The smallest absolute Gasteiger partial charge is 0.233 e. The van der Waals surface area contributed by atoms with Gasteiger partial charge in [-0.1, -0.05) is 12.5 Å². The van der Waals surface area contributed by atoms with Gasteiger partial charge in [-0.3, -0.25) is 0 Å². The van der Waals surface area contributed by atoms with Crippen molar-refractivity contribution in [3.63, 3.8) is 0 Å². The number of nitrogens with one attached hydrogen (secondary N) is 1. The lowest BCUT2D eigenvalue weighted by Gasteiger charge is -2.42. The van der Waals surface area contributed by atoms with Crippen LogP contribution in [0.3, 0.4) is 0 Å². The number of aryl methyl sites for hydroxylation is 1.